The van der Waals surface area contributed by atoms with Gasteiger partial charge in [-0.3, -0.25) is 0 Å². The standard InChI is InChI=1S/3HNO3.Tb/c3*2-1(3)4;/h3*(H,2,3,4);. The molecule has 3 N–H and O–H groups in total. The summed E-state index contributed by atoms with van der Waals surface area (Å²) in [7, 11) is 0. The van der Waals surface area contributed by atoms with Gasteiger partial charge < -0.3 is 15.6 Å². The fourth-order valence-electron chi connectivity index (χ4n) is 0. The molecule has 0 atom stereocenters. The van der Waals surface area contributed by atoms with Crippen molar-refractivity contribution in [2.45, 2.75) is 0 Å². The van der Waals surface area contributed by atoms with Crippen LogP contribution in [-0.4, -0.2) is 30.9 Å². The molecule has 1 radical (unpaired) electrons. The zero-order valence-corrected chi connectivity index (χ0v) is 7.60. The van der Waals surface area contributed by atoms with Crippen molar-refractivity contribution in [3.63, 3.8) is 0 Å². The molecule has 0 spiro atoms. The minimum atomic E-state index is -1.50. The zero-order chi connectivity index (χ0) is 10.7. The predicted molar refractivity (Wildman–Crippen MR) is 26.3 cm³/mol. The second-order valence-electron chi connectivity index (χ2n) is 0.714. The van der Waals surface area contributed by atoms with E-state index in [9.17, 15) is 0 Å². The molecule has 0 fully saturated rings. The van der Waals surface area contributed by atoms with Crippen LogP contribution in [-0.2, 0) is 0 Å². The molecule has 0 aliphatic heterocycles. The minimum Gasteiger partial charge on any atom is -0.328 e. The number of hydrogen-bond acceptors (Lipinski definition) is 6. The summed E-state index contributed by atoms with van der Waals surface area (Å²) >= 11 is 0. The average Bonchev–Trinajstić information content (AvgIpc) is 1.54. The Morgan fingerprint density at radius 3 is 0.692 bits per heavy atom. The summed E-state index contributed by atoms with van der Waals surface area (Å²) in [5.74, 6) is 0. The third kappa shape index (κ3) is 692. The van der Waals surface area contributed by atoms with Crippen molar-refractivity contribution in [1.29, 1.82) is 0 Å². The molecule has 0 saturated heterocycles. The number of rotatable bonds is 0. The molecule has 0 aromatic rings. The molecule has 0 bridgehead atoms. The molecular weight excluding hydrogens is 345 g/mol. The van der Waals surface area contributed by atoms with Gasteiger partial charge in [0.15, 0.2) is 0 Å². The van der Waals surface area contributed by atoms with Crippen molar-refractivity contribution >= 4 is 0 Å². The Morgan fingerprint density at radius 1 is 0.692 bits per heavy atom. The van der Waals surface area contributed by atoms with E-state index in [0.717, 1.165) is 0 Å². The number of nitrogens with zero attached hydrogens (tertiary/aromatic N) is 3. The quantitative estimate of drug-likeness (QED) is 0.362. The van der Waals surface area contributed by atoms with Crippen molar-refractivity contribution in [2.24, 2.45) is 0 Å². The van der Waals surface area contributed by atoms with E-state index < -0.39 is 15.3 Å². The molecule has 0 saturated carbocycles. The molecule has 0 unspecified atom stereocenters. The van der Waals surface area contributed by atoms with Crippen molar-refractivity contribution in [3.05, 3.63) is 30.3 Å². The fourth-order valence-corrected chi connectivity index (χ4v) is 0. The molecule has 81 valence electrons. The van der Waals surface area contributed by atoms with Crippen LogP contribution in [0, 0.1) is 69.0 Å². The van der Waals surface area contributed by atoms with Gasteiger partial charge in [0, 0.05) is 38.6 Å². The van der Waals surface area contributed by atoms with Crippen molar-refractivity contribution in [3.8, 4) is 0 Å². The van der Waals surface area contributed by atoms with E-state index in [1.807, 2.05) is 0 Å². The third-order valence-electron chi connectivity index (χ3n) is 0. The summed E-state index contributed by atoms with van der Waals surface area (Å²) in [6, 6.07) is 0. The van der Waals surface area contributed by atoms with Crippen LogP contribution in [0.5, 0.6) is 0 Å². The maximum atomic E-state index is 8.36. The summed E-state index contributed by atoms with van der Waals surface area (Å²) in [6.45, 7) is 0. The molecule has 0 aliphatic rings. The Labute approximate surface area is 99.5 Å². The van der Waals surface area contributed by atoms with E-state index in [2.05, 4.69) is 0 Å². The van der Waals surface area contributed by atoms with Crippen LogP contribution in [0.2, 0.25) is 0 Å². The van der Waals surface area contributed by atoms with Crippen molar-refractivity contribution in [2.75, 3.05) is 0 Å². The SMILES string of the molecule is O=[N+]([O-])O.O=[N+]([O-])O.O=[N+]([O-])O.[Tb]. The first-order valence-corrected chi connectivity index (χ1v) is 1.70. The fraction of sp³-hybridized carbons (Fsp3) is 0. The van der Waals surface area contributed by atoms with Crippen LogP contribution in [0.1, 0.15) is 0 Å². The van der Waals surface area contributed by atoms with Crippen LogP contribution in [0.3, 0.4) is 0 Å². The van der Waals surface area contributed by atoms with Gasteiger partial charge >= 0.3 is 0 Å². The van der Waals surface area contributed by atoms with Crippen LogP contribution in [0.25, 0.3) is 0 Å². The first-order valence-electron chi connectivity index (χ1n) is 1.70. The van der Waals surface area contributed by atoms with Gasteiger partial charge in [0.25, 0.3) is 15.3 Å². The third-order valence-corrected chi connectivity index (χ3v) is 0. The summed E-state index contributed by atoms with van der Waals surface area (Å²) in [5, 5.41) is 40.9. The minimum absolute atomic E-state index is 0. The first-order chi connectivity index (χ1) is 5.20. The molecule has 0 aromatic carbocycles. The Hall–Kier alpha value is -1.11. The van der Waals surface area contributed by atoms with Gasteiger partial charge in [-0.1, -0.05) is 0 Å². The predicted octanol–water partition coefficient (Wildman–Crippen LogP) is -1.04. The molecule has 12 nitrogen and oxygen atoms in total. The van der Waals surface area contributed by atoms with E-state index >= 15 is 0 Å². The summed E-state index contributed by atoms with van der Waals surface area (Å²) in [4.78, 5) is 25.1. The Morgan fingerprint density at radius 2 is 0.692 bits per heavy atom. The molecule has 0 heterocycles. The van der Waals surface area contributed by atoms with E-state index in [1.165, 1.54) is 0 Å². The Bertz CT molecular complexity index is 112. The van der Waals surface area contributed by atoms with Gasteiger partial charge in [-0.05, 0) is 0 Å². The van der Waals surface area contributed by atoms with Gasteiger partial charge in [0.1, 0.15) is 0 Å². The van der Waals surface area contributed by atoms with Crippen LogP contribution < -0.4 is 0 Å². The zero-order valence-electron chi connectivity index (χ0n) is 5.47. The Balaban J connectivity index is -0.0000000450. The molecular formula is H3N3O9Tb. The molecule has 0 aromatic heterocycles. The van der Waals surface area contributed by atoms with Crippen LogP contribution in [0.15, 0.2) is 0 Å². The monoisotopic (exact) mass is 348 g/mol. The van der Waals surface area contributed by atoms with Gasteiger partial charge in [-0.25, -0.2) is 0 Å². The van der Waals surface area contributed by atoms with Gasteiger partial charge in [0.05, 0.1) is 0 Å². The largest absolute Gasteiger partial charge is 0.328 e. The summed E-state index contributed by atoms with van der Waals surface area (Å²) < 4.78 is 0. The second-order valence-corrected chi connectivity index (χ2v) is 0.714. The van der Waals surface area contributed by atoms with Crippen molar-refractivity contribution < 1.29 is 69.5 Å². The van der Waals surface area contributed by atoms with E-state index in [-0.39, 0.29) is 38.6 Å². The Kier molecular flexibility index (Phi) is 29.8. The summed E-state index contributed by atoms with van der Waals surface area (Å²) in [5.41, 5.74) is 0. The summed E-state index contributed by atoms with van der Waals surface area (Å²) in [6.07, 6.45) is 0. The van der Waals surface area contributed by atoms with E-state index in [1.54, 1.807) is 0 Å². The maximum Gasteiger partial charge on any atom is 0.291 e. The molecule has 13 heteroatoms. The van der Waals surface area contributed by atoms with Gasteiger partial charge in [-0.2, -0.15) is 0 Å². The second kappa shape index (κ2) is 17.1. The molecule has 13 heavy (non-hydrogen) atoms. The maximum absolute atomic E-state index is 8.36. The first kappa shape index (κ1) is 22.6. The topological polar surface area (TPSA) is 190 Å². The molecule has 0 aliphatic carbocycles. The van der Waals surface area contributed by atoms with E-state index in [0.29, 0.717) is 0 Å². The smallest absolute Gasteiger partial charge is 0.291 e. The van der Waals surface area contributed by atoms with Crippen molar-refractivity contribution in [1.82, 2.24) is 0 Å². The van der Waals surface area contributed by atoms with Gasteiger partial charge in [-0.15, -0.1) is 30.3 Å². The normalized spacial score (nSPS) is 5.54. The van der Waals surface area contributed by atoms with E-state index in [4.69, 9.17) is 46.0 Å². The molecule has 0 amide bonds. The van der Waals surface area contributed by atoms with Crippen LogP contribution in [0.4, 0.5) is 0 Å². The van der Waals surface area contributed by atoms with Gasteiger partial charge in [0.2, 0.25) is 0 Å². The van der Waals surface area contributed by atoms with Crippen LogP contribution >= 0.6 is 0 Å². The number of hydrogen-bond donors (Lipinski definition) is 3. The average molecular weight is 348 g/mol. The molecule has 0 rings (SSSR count).